The molecule has 0 spiro atoms. The second kappa shape index (κ2) is 7.18. The van der Waals surface area contributed by atoms with Crippen molar-refractivity contribution in [3.05, 3.63) is 15.4 Å². The van der Waals surface area contributed by atoms with Gasteiger partial charge in [-0.05, 0) is 33.6 Å². The summed E-state index contributed by atoms with van der Waals surface area (Å²) in [4.78, 5) is 13.2. The van der Waals surface area contributed by atoms with E-state index in [4.69, 9.17) is 4.74 Å². The van der Waals surface area contributed by atoms with Crippen LogP contribution in [0.5, 0.6) is 0 Å². The van der Waals surface area contributed by atoms with Crippen LogP contribution in [0.3, 0.4) is 0 Å². The van der Waals surface area contributed by atoms with Crippen molar-refractivity contribution in [1.82, 2.24) is 9.71 Å². The van der Waals surface area contributed by atoms with E-state index in [1.807, 2.05) is 13.8 Å². The van der Waals surface area contributed by atoms with Crippen molar-refractivity contribution in [1.29, 1.82) is 0 Å². The van der Waals surface area contributed by atoms with Gasteiger partial charge in [0, 0.05) is 18.8 Å². The molecule has 0 fully saturated rings. The molecular formula is C11H20N2O4S2. The van der Waals surface area contributed by atoms with Crippen molar-refractivity contribution >= 4 is 21.4 Å². The molecule has 0 aliphatic carbocycles. The number of aryl methyl sites for hydroxylation is 1. The smallest absolute Gasteiger partial charge is 0.305 e. The van der Waals surface area contributed by atoms with Gasteiger partial charge >= 0.3 is 4.87 Å². The molecule has 110 valence electrons. The van der Waals surface area contributed by atoms with Gasteiger partial charge in [-0.2, -0.15) is 0 Å². The maximum Gasteiger partial charge on any atom is 0.305 e. The lowest BCUT2D eigenvalue weighted by atomic mass is 10.3. The van der Waals surface area contributed by atoms with Crippen molar-refractivity contribution in [2.75, 3.05) is 13.2 Å². The van der Waals surface area contributed by atoms with E-state index in [0.29, 0.717) is 36.6 Å². The summed E-state index contributed by atoms with van der Waals surface area (Å²) in [7, 11) is -3.58. The number of rotatable bonds is 8. The van der Waals surface area contributed by atoms with E-state index >= 15 is 0 Å². The number of aromatic nitrogens is 1. The van der Waals surface area contributed by atoms with Gasteiger partial charge in [-0.3, -0.25) is 4.79 Å². The summed E-state index contributed by atoms with van der Waals surface area (Å²) >= 11 is 0.707. The van der Waals surface area contributed by atoms with Gasteiger partial charge in [0.05, 0.1) is 6.10 Å². The van der Waals surface area contributed by atoms with Crippen LogP contribution >= 0.6 is 11.3 Å². The fourth-order valence-electron chi connectivity index (χ4n) is 1.46. The van der Waals surface area contributed by atoms with E-state index < -0.39 is 10.0 Å². The maximum atomic E-state index is 11.9. The molecule has 0 aromatic carbocycles. The van der Waals surface area contributed by atoms with Gasteiger partial charge in [0.25, 0.3) is 10.0 Å². The van der Waals surface area contributed by atoms with E-state index in [1.165, 1.54) is 0 Å². The number of sulfonamides is 1. The first-order valence-corrected chi connectivity index (χ1v) is 8.44. The van der Waals surface area contributed by atoms with E-state index in [1.54, 1.807) is 6.92 Å². The second-order valence-electron chi connectivity index (χ2n) is 4.45. The molecule has 0 saturated heterocycles. The van der Waals surface area contributed by atoms with Crippen LogP contribution in [-0.2, 0) is 14.8 Å². The van der Waals surface area contributed by atoms with E-state index in [2.05, 4.69) is 9.71 Å². The molecule has 0 saturated carbocycles. The topological polar surface area (TPSA) is 88.3 Å². The molecule has 19 heavy (non-hydrogen) atoms. The van der Waals surface area contributed by atoms with Crippen LogP contribution in [0, 0.1) is 6.92 Å². The molecule has 0 aliphatic heterocycles. The molecule has 1 heterocycles. The highest BCUT2D eigenvalue weighted by atomic mass is 32.2. The standard InChI is InChI=1S/C11H20N2O4S2/c1-8(2)17-7-5-4-6-12-19(15,16)10-9(3)13-11(14)18-10/h8,12H,4-7H2,1-3H3,(H,13,14). The van der Waals surface area contributed by atoms with Crippen molar-refractivity contribution in [3.8, 4) is 0 Å². The molecule has 2 N–H and O–H groups in total. The lowest BCUT2D eigenvalue weighted by Gasteiger charge is -2.08. The highest BCUT2D eigenvalue weighted by Gasteiger charge is 2.19. The third kappa shape index (κ3) is 5.43. The summed E-state index contributed by atoms with van der Waals surface area (Å²) in [5, 5.41) is 0. The minimum absolute atomic E-state index is 0.0657. The molecule has 0 bridgehead atoms. The maximum absolute atomic E-state index is 11.9. The Morgan fingerprint density at radius 2 is 2.05 bits per heavy atom. The zero-order chi connectivity index (χ0) is 14.5. The van der Waals surface area contributed by atoms with Gasteiger partial charge in [0.15, 0.2) is 4.21 Å². The molecule has 1 aromatic rings. The molecule has 0 amide bonds. The van der Waals surface area contributed by atoms with Gasteiger partial charge in [-0.1, -0.05) is 11.3 Å². The Labute approximate surface area is 117 Å². The average Bonchev–Trinajstić information content (AvgIpc) is 2.63. The zero-order valence-electron chi connectivity index (χ0n) is 11.4. The van der Waals surface area contributed by atoms with Gasteiger partial charge in [0.2, 0.25) is 0 Å². The van der Waals surface area contributed by atoms with Crippen LogP contribution in [-0.4, -0.2) is 32.7 Å². The number of aromatic amines is 1. The highest BCUT2D eigenvalue weighted by molar-refractivity contribution is 7.91. The van der Waals surface area contributed by atoms with Gasteiger partial charge in [0.1, 0.15) is 0 Å². The Balaban J connectivity index is 2.40. The summed E-state index contributed by atoms with van der Waals surface area (Å²) in [5.41, 5.74) is 0.380. The monoisotopic (exact) mass is 308 g/mol. The first-order valence-electron chi connectivity index (χ1n) is 6.14. The number of thiazole rings is 1. The Hall–Kier alpha value is -0.700. The van der Waals surface area contributed by atoms with Crippen LogP contribution in [0.25, 0.3) is 0 Å². The molecule has 1 aromatic heterocycles. The predicted octanol–water partition coefficient (Wildman–Crippen LogP) is 1.23. The minimum Gasteiger partial charge on any atom is -0.379 e. The van der Waals surface area contributed by atoms with E-state index in [-0.39, 0.29) is 15.2 Å². The number of unbranched alkanes of at least 4 members (excludes halogenated alkanes) is 1. The van der Waals surface area contributed by atoms with Crippen LogP contribution in [0.4, 0.5) is 0 Å². The molecule has 0 radical (unpaired) electrons. The summed E-state index contributed by atoms with van der Waals surface area (Å²) in [6.07, 6.45) is 1.68. The highest BCUT2D eigenvalue weighted by Crippen LogP contribution is 2.15. The molecule has 6 nitrogen and oxygen atoms in total. The Morgan fingerprint density at radius 3 is 2.58 bits per heavy atom. The normalized spacial score (nSPS) is 12.2. The van der Waals surface area contributed by atoms with Crippen molar-refractivity contribution in [2.24, 2.45) is 0 Å². The average molecular weight is 308 g/mol. The largest absolute Gasteiger partial charge is 0.379 e. The molecule has 0 atom stereocenters. The third-order valence-corrected chi connectivity index (χ3v) is 5.41. The quantitative estimate of drug-likeness (QED) is 0.707. The SMILES string of the molecule is Cc1[nH]c(=O)sc1S(=O)(=O)NCCCCOC(C)C. The Kier molecular flexibility index (Phi) is 6.18. The van der Waals surface area contributed by atoms with Crippen LogP contribution in [0.1, 0.15) is 32.4 Å². The summed E-state index contributed by atoms with van der Waals surface area (Å²) in [5.74, 6) is 0. The summed E-state index contributed by atoms with van der Waals surface area (Å²) < 4.78 is 31.7. The number of hydrogen-bond acceptors (Lipinski definition) is 5. The first kappa shape index (κ1) is 16.4. The minimum atomic E-state index is -3.58. The number of nitrogens with one attached hydrogen (secondary N) is 2. The Bertz CT molecular complexity index is 545. The molecule has 8 heteroatoms. The fraction of sp³-hybridized carbons (Fsp3) is 0.727. The number of hydrogen-bond donors (Lipinski definition) is 2. The van der Waals surface area contributed by atoms with Gasteiger partial charge in [-0.15, -0.1) is 0 Å². The fourth-order valence-corrected chi connectivity index (χ4v) is 3.88. The van der Waals surface area contributed by atoms with Gasteiger partial charge in [-0.25, -0.2) is 13.1 Å². The molecule has 0 unspecified atom stereocenters. The van der Waals surface area contributed by atoms with Gasteiger partial charge < -0.3 is 9.72 Å². The number of ether oxygens (including phenoxy) is 1. The summed E-state index contributed by atoms with van der Waals surface area (Å²) in [6.45, 7) is 6.45. The van der Waals surface area contributed by atoms with Crippen molar-refractivity contribution < 1.29 is 13.2 Å². The van der Waals surface area contributed by atoms with Crippen LogP contribution in [0.15, 0.2) is 9.00 Å². The predicted molar refractivity (Wildman–Crippen MR) is 75.2 cm³/mol. The molecule has 0 aliphatic rings. The van der Waals surface area contributed by atoms with Crippen molar-refractivity contribution in [3.63, 3.8) is 0 Å². The lowest BCUT2D eigenvalue weighted by molar-refractivity contribution is 0.0762. The van der Waals surface area contributed by atoms with E-state index in [0.717, 1.165) is 6.42 Å². The summed E-state index contributed by atoms with van der Waals surface area (Å²) in [6, 6.07) is 0. The lowest BCUT2D eigenvalue weighted by Crippen LogP contribution is -2.25. The Morgan fingerprint density at radius 1 is 1.37 bits per heavy atom. The van der Waals surface area contributed by atoms with Crippen LogP contribution in [0.2, 0.25) is 0 Å². The zero-order valence-corrected chi connectivity index (χ0v) is 13.0. The van der Waals surface area contributed by atoms with Crippen molar-refractivity contribution in [2.45, 2.75) is 43.9 Å². The molecule has 1 rings (SSSR count). The molecular weight excluding hydrogens is 288 g/mol. The first-order chi connectivity index (χ1) is 8.83. The second-order valence-corrected chi connectivity index (χ2v) is 7.40. The number of H-pyrrole nitrogens is 1. The third-order valence-electron chi connectivity index (χ3n) is 2.34. The van der Waals surface area contributed by atoms with E-state index in [9.17, 15) is 13.2 Å². The van der Waals surface area contributed by atoms with Crippen LogP contribution < -0.4 is 9.60 Å².